The number of carbonyl (C=O) groups is 1. The van der Waals surface area contributed by atoms with Crippen LogP contribution in [0.15, 0.2) is 16.0 Å². The van der Waals surface area contributed by atoms with Crippen LogP contribution in [0.25, 0.3) is 0 Å². The summed E-state index contributed by atoms with van der Waals surface area (Å²) < 4.78 is 4.53. The van der Waals surface area contributed by atoms with Gasteiger partial charge in [0, 0.05) is 11.8 Å². The average Bonchev–Trinajstić information content (AvgIpc) is 2.35. The van der Waals surface area contributed by atoms with Crippen LogP contribution in [0.1, 0.15) is 19.0 Å². The van der Waals surface area contributed by atoms with Crippen molar-refractivity contribution in [2.45, 2.75) is 24.3 Å². The summed E-state index contributed by atoms with van der Waals surface area (Å²) in [5.41, 5.74) is 0.550. The predicted octanol–water partition coefficient (Wildman–Crippen LogP) is 1.68. The second kappa shape index (κ2) is 8.20. The zero-order valence-corrected chi connectivity index (χ0v) is 12.0. The molecule has 1 N–H and O–H groups in total. The van der Waals surface area contributed by atoms with Gasteiger partial charge in [-0.05, 0) is 12.2 Å². The van der Waals surface area contributed by atoms with Crippen molar-refractivity contribution < 1.29 is 9.53 Å². The van der Waals surface area contributed by atoms with E-state index in [9.17, 15) is 9.59 Å². The minimum Gasteiger partial charge on any atom is -0.468 e. The van der Waals surface area contributed by atoms with E-state index in [0.717, 1.165) is 17.9 Å². The third-order valence-electron chi connectivity index (χ3n) is 1.93. The number of rotatable bonds is 7. The summed E-state index contributed by atoms with van der Waals surface area (Å²) in [7, 11) is 1.33. The van der Waals surface area contributed by atoms with E-state index >= 15 is 0 Å². The molecule has 0 unspecified atom stereocenters. The molecule has 0 aliphatic heterocycles. The molecule has 1 aromatic rings. The lowest BCUT2D eigenvalue weighted by molar-refractivity contribution is -0.137. The second-order valence-electron chi connectivity index (χ2n) is 3.46. The van der Waals surface area contributed by atoms with Crippen LogP contribution in [-0.2, 0) is 15.3 Å². The number of esters is 1. The minimum absolute atomic E-state index is 0.144. The molecule has 1 rings (SSSR count). The van der Waals surface area contributed by atoms with Crippen molar-refractivity contribution in [1.82, 2.24) is 9.97 Å². The molecule has 7 heteroatoms. The number of hydrogen-bond donors (Lipinski definition) is 1. The molecule has 5 nitrogen and oxygen atoms in total. The first-order valence-corrected chi connectivity index (χ1v) is 7.67. The largest absolute Gasteiger partial charge is 0.468 e. The first-order valence-electron chi connectivity index (χ1n) is 5.53. The molecular weight excluding hydrogens is 272 g/mol. The summed E-state index contributed by atoms with van der Waals surface area (Å²) in [5, 5.41) is 0.458. The second-order valence-corrected chi connectivity index (χ2v) is 5.53. The Morgan fingerprint density at radius 2 is 2.33 bits per heavy atom. The van der Waals surface area contributed by atoms with Crippen LogP contribution in [0.4, 0.5) is 0 Å². The number of aromatic nitrogens is 2. The molecule has 1 aromatic heterocycles. The van der Waals surface area contributed by atoms with Gasteiger partial charge in [0.25, 0.3) is 5.56 Å². The summed E-state index contributed by atoms with van der Waals surface area (Å²) in [6, 6.07) is 1.49. The Balaban J connectivity index is 2.62. The van der Waals surface area contributed by atoms with E-state index in [-0.39, 0.29) is 17.3 Å². The van der Waals surface area contributed by atoms with Gasteiger partial charge in [0.05, 0.1) is 18.6 Å². The van der Waals surface area contributed by atoms with Gasteiger partial charge in [-0.2, -0.15) is 11.8 Å². The smallest absolute Gasteiger partial charge is 0.316 e. The number of methoxy groups -OCH3 is 1. The van der Waals surface area contributed by atoms with E-state index in [1.54, 1.807) is 11.8 Å². The molecule has 0 saturated carbocycles. The van der Waals surface area contributed by atoms with Crippen molar-refractivity contribution in [3.05, 3.63) is 22.1 Å². The van der Waals surface area contributed by atoms with Crippen molar-refractivity contribution in [3.63, 3.8) is 0 Å². The highest BCUT2D eigenvalue weighted by atomic mass is 32.2. The number of nitrogens with one attached hydrogen (secondary N) is 1. The van der Waals surface area contributed by atoms with Gasteiger partial charge in [-0.1, -0.05) is 18.7 Å². The van der Waals surface area contributed by atoms with Gasteiger partial charge in [-0.3, -0.25) is 9.59 Å². The van der Waals surface area contributed by atoms with Crippen LogP contribution in [0, 0.1) is 0 Å². The normalized spacial score (nSPS) is 10.3. The third kappa shape index (κ3) is 5.59. The van der Waals surface area contributed by atoms with Crippen molar-refractivity contribution >= 4 is 29.5 Å². The summed E-state index contributed by atoms with van der Waals surface area (Å²) in [6.07, 6.45) is 1.10. The maximum absolute atomic E-state index is 11.4. The maximum atomic E-state index is 11.4. The van der Waals surface area contributed by atoms with E-state index < -0.39 is 0 Å². The van der Waals surface area contributed by atoms with Gasteiger partial charge >= 0.3 is 5.97 Å². The van der Waals surface area contributed by atoms with Crippen LogP contribution in [0.3, 0.4) is 0 Å². The molecule has 0 aliphatic carbocycles. The number of H-pyrrole nitrogens is 1. The van der Waals surface area contributed by atoms with Crippen LogP contribution in [-0.4, -0.2) is 34.6 Å². The van der Waals surface area contributed by atoms with E-state index in [4.69, 9.17) is 0 Å². The quantitative estimate of drug-likeness (QED) is 0.356. The molecule has 0 bridgehead atoms. The fraction of sp³-hybridized carbons (Fsp3) is 0.545. The van der Waals surface area contributed by atoms with Crippen LogP contribution < -0.4 is 5.56 Å². The first kappa shape index (κ1) is 15.1. The number of carbonyl (C=O) groups excluding carboxylic acids is 1. The van der Waals surface area contributed by atoms with E-state index in [1.165, 1.54) is 24.9 Å². The Bertz CT molecular complexity index is 448. The summed E-state index contributed by atoms with van der Waals surface area (Å²) in [6.45, 7) is 2.11. The Morgan fingerprint density at radius 1 is 1.56 bits per heavy atom. The first-order chi connectivity index (χ1) is 8.65. The molecule has 0 atom stereocenters. The van der Waals surface area contributed by atoms with Gasteiger partial charge in [-0.15, -0.1) is 0 Å². The number of ether oxygens (including phenoxy) is 1. The number of aromatic amines is 1. The lowest BCUT2D eigenvalue weighted by Crippen LogP contribution is -2.11. The molecule has 0 amide bonds. The van der Waals surface area contributed by atoms with E-state index in [0.29, 0.717) is 10.9 Å². The fourth-order valence-corrected chi connectivity index (χ4v) is 2.65. The number of thioether (sulfide) groups is 2. The molecule has 18 heavy (non-hydrogen) atoms. The van der Waals surface area contributed by atoms with Crippen LogP contribution >= 0.6 is 23.5 Å². The highest BCUT2D eigenvalue weighted by Crippen LogP contribution is 2.14. The summed E-state index contributed by atoms with van der Waals surface area (Å²) >= 11 is 2.91. The zero-order chi connectivity index (χ0) is 13.4. The van der Waals surface area contributed by atoms with Crippen molar-refractivity contribution in [2.75, 3.05) is 18.6 Å². The van der Waals surface area contributed by atoms with Crippen LogP contribution in [0.5, 0.6) is 0 Å². The standard InChI is InChI=1S/C11H16N2O3S2/c1-3-4-17-6-8-5-9(14)13-11(12-8)18-7-10(15)16-2/h5H,3-4,6-7H2,1-2H3,(H,12,13,14). The van der Waals surface area contributed by atoms with Gasteiger partial charge in [-0.25, -0.2) is 4.98 Å². The Morgan fingerprint density at radius 3 is 3.00 bits per heavy atom. The maximum Gasteiger partial charge on any atom is 0.316 e. The molecule has 0 fully saturated rings. The third-order valence-corrected chi connectivity index (χ3v) is 3.97. The minimum atomic E-state index is -0.339. The Labute approximate surface area is 114 Å². The van der Waals surface area contributed by atoms with Gasteiger partial charge in [0.15, 0.2) is 5.16 Å². The van der Waals surface area contributed by atoms with Gasteiger partial charge in [0.1, 0.15) is 0 Å². The lowest BCUT2D eigenvalue weighted by atomic mass is 10.5. The Hall–Kier alpha value is -0.950. The lowest BCUT2D eigenvalue weighted by Gasteiger charge is -2.03. The Kier molecular flexibility index (Phi) is 6.89. The van der Waals surface area contributed by atoms with Gasteiger partial charge in [0.2, 0.25) is 0 Å². The number of hydrogen-bond acceptors (Lipinski definition) is 6. The molecule has 0 aromatic carbocycles. The molecule has 100 valence electrons. The van der Waals surface area contributed by atoms with E-state index in [2.05, 4.69) is 21.6 Å². The molecule has 0 spiro atoms. The fourth-order valence-electron chi connectivity index (χ4n) is 1.13. The SMILES string of the molecule is CCCSCc1cc(=O)[nH]c(SCC(=O)OC)n1. The summed E-state index contributed by atoms with van der Waals surface area (Å²) in [4.78, 5) is 29.3. The number of nitrogens with zero attached hydrogens (tertiary/aromatic N) is 1. The summed E-state index contributed by atoms with van der Waals surface area (Å²) in [5.74, 6) is 1.56. The molecule has 1 heterocycles. The zero-order valence-electron chi connectivity index (χ0n) is 10.4. The monoisotopic (exact) mass is 288 g/mol. The van der Waals surface area contributed by atoms with Crippen molar-refractivity contribution in [3.8, 4) is 0 Å². The molecular formula is C11H16N2O3S2. The highest BCUT2D eigenvalue weighted by Gasteiger charge is 2.06. The predicted molar refractivity (Wildman–Crippen MR) is 74.1 cm³/mol. The highest BCUT2D eigenvalue weighted by molar-refractivity contribution is 7.99. The van der Waals surface area contributed by atoms with Crippen LogP contribution in [0.2, 0.25) is 0 Å². The van der Waals surface area contributed by atoms with Crippen molar-refractivity contribution in [1.29, 1.82) is 0 Å². The topological polar surface area (TPSA) is 72.0 Å². The van der Waals surface area contributed by atoms with Gasteiger partial charge < -0.3 is 9.72 Å². The molecule has 0 aliphatic rings. The van der Waals surface area contributed by atoms with Crippen molar-refractivity contribution in [2.24, 2.45) is 0 Å². The average molecular weight is 288 g/mol. The molecule has 0 saturated heterocycles. The molecule has 0 radical (unpaired) electrons. The van der Waals surface area contributed by atoms with E-state index in [1.807, 2.05) is 0 Å².